The zero-order valence-electron chi connectivity index (χ0n) is 8.55. The maximum absolute atomic E-state index is 3.83. The van der Waals surface area contributed by atoms with E-state index in [9.17, 15) is 0 Å². The highest BCUT2D eigenvalue weighted by Crippen LogP contribution is 2.66. The normalized spacial score (nSPS) is 41.3. The van der Waals surface area contributed by atoms with Crippen molar-refractivity contribution >= 4 is 0 Å². The molecule has 1 N–H and O–H groups in total. The Balaban J connectivity index is 1.47. The minimum Gasteiger partial charge on any atom is -0.309 e. The van der Waals surface area contributed by atoms with Crippen LogP contribution in [0.15, 0.2) is 0 Å². The third-order valence-corrected chi connectivity index (χ3v) is 4.24. The first kappa shape index (κ1) is 8.25. The molecule has 0 radical (unpaired) electrons. The van der Waals surface area contributed by atoms with Gasteiger partial charge in [-0.2, -0.15) is 0 Å². The Bertz CT molecular complexity index is 210. The Labute approximate surface area is 80.7 Å². The lowest BCUT2D eigenvalue weighted by Crippen LogP contribution is -2.34. The summed E-state index contributed by atoms with van der Waals surface area (Å²) in [6.07, 6.45) is 5.87. The van der Waals surface area contributed by atoms with E-state index in [1.807, 2.05) is 0 Å². The molecule has 0 amide bonds. The Kier molecular flexibility index (Phi) is 1.72. The highest BCUT2D eigenvalue weighted by molar-refractivity contribution is 5.17. The Morgan fingerprint density at radius 3 is 2.85 bits per heavy atom. The molecule has 1 saturated heterocycles. The second-order valence-corrected chi connectivity index (χ2v) is 5.16. The summed E-state index contributed by atoms with van der Waals surface area (Å²) in [7, 11) is 0. The van der Waals surface area contributed by atoms with E-state index in [-0.39, 0.29) is 0 Å². The topological polar surface area (TPSA) is 15.3 Å². The molecule has 1 aliphatic heterocycles. The van der Waals surface area contributed by atoms with Crippen LogP contribution in [0.2, 0.25) is 0 Å². The van der Waals surface area contributed by atoms with Crippen molar-refractivity contribution in [1.29, 1.82) is 0 Å². The number of nitrogens with zero attached hydrogens (tertiary/aromatic N) is 1. The lowest BCUT2D eigenvalue weighted by atomic mass is 10.2. The standard InChI is InChI=1S/C11H20N2/c1-2-13-6-3-9(8-13)12-10-7-11(10)4-5-11/h9-10,12H,2-8H2,1H3. The van der Waals surface area contributed by atoms with Gasteiger partial charge in [0.15, 0.2) is 0 Å². The second-order valence-electron chi connectivity index (χ2n) is 5.16. The number of hydrogen-bond acceptors (Lipinski definition) is 2. The molecule has 0 aromatic rings. The van der Waals surface area contributed by atoms with Crippen molar-refractivity contribution in [2.24, 2.45) is 5.41 Å². The number of hydrogen-bond donors (Lipinski definition) is 1. The van der Waals surface area contributed by atoms with E-state index in [0.717, 1.165) is 17.5 Å². The van der Waals surface area contributed by atoms with E-state index >= 15 is 0 Å². The van der Waals surface area contributed by atoms with Crippen molar-refractivity contribution in [3.05, 3.63) is 0 Å². The Hall–Kier alpha value is -0.0800. The molecule has 13 heavy (non-hydrogen) atoms. The van der Waals surface area contributed by atoms with Gasteiger partial charge in [-0.25, -0.2) is 0 Å². The van der Waals surface area contributed by atoms with Gasteiger partial charge in [0, 0.05) is 18.6 Å². The van der Waals surface area contributed by atoms with Crippen molar-refractivity contribution in [3.63, 3.8) is 0 Å². The van der Waals surface area contributed by atoms with E-state index in [1.165, 1.54) is 45.3 Å². The molecule has 74 valence electrons. The molecule has 1 spiro atoms. The van der Waals surface area contributed by atoms with Gasteiger partial charge < -0.3 is 10.2 Å². The summed E-state index contributed by atoms with van der Waals surface area (Å²) >= 11 is 0. The molecule has 3 rings (SSSR count). The maximum atomic E-state index is 3.83. The van der Waals surface area contributed by atoms with E-state index in [4.69, 9.17) is 0 Å². The lowest BCUT2D eigenvalue weighted by molar-refractivity contribution is 0.344. The van der Waals surface area contributed by atoms with E-state index in [2.05, 4.69) is 17.1 Å². The van der Waals surface area contributed by atoms with Gasteiger partial charge in [-0.1, -0.05) is 6.92 Å². The van der Waals surface area contributed by atoms with Crippen LogP contribution in [-0.2, 0) is 0 Å². The molecule has 3 fully saturated rings. The minimum absolute atomic E-state index is 0.810. The van der Waals surface area contributed by atoms with E-state index in [1.54, 1.807) is 0 Å². The minimum atomic E-state index is 0.810. The van der Waals surface area contributed by atoms with Gasteiger partial charge in [0.05, 0.1) is 0 Å². The first-order valence-electron chi connectivity index (χ1n) is 5.81. The van der Waals surface area contributed by atoms with Crippen molar-refractivity contribution in [3.8, 4) is 0 Å². The van der Waals surface area contributed by atoms with Gasteiger partial charge in [0.1, 0.15) is 0 Å². The molecular formula is C11H20N2. The largest absolute Gasteiger partial charge is 0.309 e. The maximum Gasteiger partial charge on any atom is 0.0210 e. The summed E-state index contributed by atoms with van der Waals surface area (Å²) in [4.78, 5) is 2.56. The smallest absolute Gasteiger partial charge is 0.0210 e. The number of likely N-dealkylation sites (N-methyl/N-ethyl adjacent to an activating group) is 1. The van der Waals surface area contributed by atoms with Crippen LogP contribution >= 0.6 is 0 Å². The zero-order chi connectivity index (χ0) is 8.89. The molecule has 2 unspecified atom stereocenters. The molecule has 2 nitrogen and oxygen atoms in total. The molecule has 2 aliphatic carbocycles. The van der Waals surface area contributed by atoms with E-state index in [0.29, 0.717) is 0 Å². The first-order valence-corrected chi connectivity index (χ1v) is 5.81. The Morgan fingerprint density at radius 2 is 2.31 bits per heavy atom. The van der Waals surface area contributed by atoms with Crippen LogP contribution in [0.5, 0.6) is 0 Å². The van der Waals surface area contributed by atoms with Crippen LogP contribution in [0.4, 0.5) is 0 Å². The van der Waals surface area contributed by atoms with Crippen LogP contribution < -0.4 is 5.32 Å². The average Bonchev–Trinajstić information content (AvgIpc) is 2.99. The zero-order valence-corrected chi connectivity index (χ0v) is 8.55. The molecule has 2 atom stereocenters. The SMILES string of the molecule is CCN1CCC(NC2CC23CC3)C1. The molecule has 2 saturated carbocycles. The van der Waals surface area contributed by atoms with Crippen LogP contribution in [-0.4, -0.2) is 36.6 Å². The second kappa shape index (κ2) is 2.71. The molecule has 0 aromatic heterocycles. The van der Waals surface area contributed by atoms with Crippen LogP contribution in [0.1, 0.15) is 32.6 Å². The van der Waals surface area contributed by atoms with Crippen molar-refractivity contribution in [2.45, 2.75) is 44.7 Å². The first-order chi connectivity index (χ1) is 6.32. The van der Waals surface area contributed by atoms with Crippen LogP contribution in [0, 0.1) is 5.41 Å². The van der Waals surface area contributed by atoms with Crippen molar-refractivity contribution in [1.82, 2.24) is 10.2 Å². The predicted octanol–water partition coefficient (Wildman–Crippen LogP) is 1.22. The third kappa shape index (κ3) is 1.40. The summed E-state index contributed by atoms with van der Waals surface area (Å²) in [5.74, 6) is 0. The summed E-state index contributed by atoms with van der Waals surface area (Å²) in [5.41, 5.74) is 0.833. The fourth-order valence-electron chi connectivity index (χ4n) is 2.84. The third-order valence-electron chi connectivity index (χ3n) is 4.24. The van der Waals surface area contributed by atoms with Crippen molar-refractivity contribution in [2.75, 3.05) is 19.6 Å². The fraction of sp³-hybridized carbons (Fsp3) is 1.00. The van der Waals surface area contributed by atoms with Gasteiger partial charge in [0.2, 0.25) is 0 Å². The number of likely N-dealkylation sites (tertiary alicyclic amines) is 1. The monoisotopic (exact) mass is 180 g/mol. The van der Waals surface area contributed by atoms with Crippen LogP contribution in [0.25, 0.3) is 0 Å². The van der Waals surface area contributed by atoms with Gasteiger partial charge >= 0.3 is 0 Å². The van der Waals surface area contributed by atoms with Crippen LogP contribution in [0.3, 0.4) is 0 Å². The predicted molar refractivity (Wildman–Crippen MR) is 53.7 cm³/mol. The fourth-order valence-corrected chi connectivity index (χ4v) is 2.84. The summed E-state index contributed by atoms with van der Waals surface area (Å²) in [6.45, 7) is 6.10. The molecule has 2 heteroatoms. The quantitative estimate of drug-likeness (QED) is 0.702. The van der Waals surface area contributed by atoms with Crippen molar-refractivity contribution < 1.29 is 0 Å². The summed E-state index contributed by atoms with van der Waals surface area (Å²) in [5, 5.41) is 3.83. The summed E-state index contributed by atoms with van der Waals surface area (Å²) in [6, 6.07) is 1.72. The molecular weight excluding hydrogens is 160 g/mol. The molecule has 1 heterocycles. The summed E-state index contributed by atoms with van der Waals surface area (Å²) < 4.78 is 0. The highest BCUT2D eigenvalue weighted by atomic mass is 15.2. The molecule has 3 aliphatic rings. The van der Waals surface area contributed by atoms with E-state index < -0.39 is 0 Å². The number of nitrogens with one attached hydrogen (secondary N) is 1. The number of rotatable bonds is 3. The average molecular weight is 180 g/mol. The van der Waals surface area contributed by atoms with Gasteiger partial charge in [-0.3, -0.25) is 0 Å². The highest BCUT2D eigenvalue weighted by Gasteiger charge is 2.62. The molecule has 0 aromatic carbocycles. The lowest BCUT2D eigenvalue weighted by Gasteiger charge is -2.14. The Morgan fingerprint density at radius 1 is 1.46 bits per heavy atom. The van der Waals surface area contributed by atoms with Gasteiger partial charge in [0.25, 0.3) is 0 Å². The van der Waals surface area contributed by atoms with Gasteiger partial charge in [-0.05, 0) is 44.2 Å². The molecule has 0 bridgehead atoms. The van der Waals surface area contributed by atoms with Gasteiger partial charge in [-0.15, -0.1) is 0 Å².